The zero-order valence-electron chi connectivity index (χ0n) is 18.9. The topological polar surface area (TPSA) is 70.6 Å². The Bertz CT molecular complexity index is 1050. The van der Waals surface area contributed by atoms with Crippen LogP contribution in [-0.4, -0.2) is 69.4 Å². The lowest BCUT2D eigenvalue weighted by molar-refractivity contribution is 0.153. The molecular formula is C25H31N5O2. The summed E-state index contributed by atoms with van der Waals surface area (Å²) in [5.74, 6) is 7.89. The van der Waals surface area contributed by atoms with Crippen molar-refractivity contribution in [2.24, 2.45) is 0 Å². The molecule has 1 saturated heterocycles. The molecule has 3 heterocycles. The average Bonchev–Trinajstić information content (AvgIpc) is 3.45. The van der Waals surface area contributed by atoms with Crippen LogP contribution in [0.4, 0.5) is 0 Å². The molecule has 1 aliphatic heterocycles. The molecule has 1 aromatic carbocycles. The van der Waals surface area contributed by atoms with Crippen molar-refractivity contribution in [2.75, 3.05) is 39.8 Å². The fourth-order valence-electron chi connectivity index (χ4n) is 3.86. The fourth-order valence-corrected chi connectivity index (χ4v) is 3.86. The van der Waals surface area contributed by atoms with Crippen molar-refractivity contribution in [1.82, 2.24) is 24.5 Å². The highest BCUT2D eigenvalue weighted by Gasteiger charge is 2.13. The van der Waals surface area contributed by atoms with Gasteiger partial charge in [-0.2, -0.15) is 0 Å². The Hall–Kier alpha value is -2.92. The Morgan fingerprint density at radius 3 is 2.69 bits per heavy atom. The van der Waals surface area contributed by atoms with E-state index in [1.807, 2.05) is 41.1 Å². The van der Waals surface area contributed by atoms with Crippen molar-refractivity contribution in [2.45, 2.75) is 32.4 Å². The molecule has 32 heavy (non-hydrogen) atoms. The van der Waals surface area contributed by atoms with Crippen LogP contribution < -0.4 is 0 Å². The van der Waals surface area contributed by atoms with E-state index in [1.165, 1.54) is 13.1 Å². The van der Waals surface area contributed by atoms with Crippen LogP contribution in [0.3, 0.4) is 0 Å². The van der Waals surface area contributed by atoms with Crippen LogP contribution in [0.5, 0.6) is 0 Å². The van der Waals surface area contributed by atoms with E-state index >= 15 is 0 Å². The molecule has 1 fully saturated rings. The maximum atomic E-state index is 9.80. The number of unbranched alkanes of at least 4 members (excludes halogenated alkanes) is 1. The number of rotatable bonds is 7. The monoisotopic (exact) mass is 433 g/mol. The number of aromatic nitrogens is 3. The van der Waals surface area contributed by atoms with Crippen LogP contribution in [0.2, 0.25) is 0 Å². The van der Waals surface area contributed by atoms with Gasteiger partial charge >= 0.3 is 0 Å². The van der Waals surface area contributed by atoms with E-state index in [9.17, 15) is 5.11 Å². The molecule has 3 aromatic rings. The molecule has 0 aliphatic carbocycles. The van der Waals surface area contributed by atoms with Crippen LogP contribution >= 0.6 is 0 Å². The molecule has 7 heteroatoms. The van der Waals surface area contributed by atoms with E-state index in [2.05, 4.69) is 38.8 Å². The van der Waals surface area contributed by atoms with Gasteiger partial charge in [0.15, 0.2) is 5.76 Å². The minimum atomic E-state index is -0.628. The molecular weight excluding hydrogens is 402 g/mol. The van der Waals surface area contributed by atoms with E-state index in [1.54, 1.807) is 13.1 Å². The number of nitrogens with zero attached hydrogens (tertiary/aromatic N) is 5. The van der Waals surface area contributed by atoms with Crippen LogP contribution in [0, 0.1) is 11.8 Å². The summed E-state index contributed by atoms with van der Waals surface area (Å²) in [6.07, 6.45) is 4.91. The summed E-state index contributed by atoms with van der Waals surface area (Å²) in [6.45, 7) is 7.99. The van der Waals surface area contributed by atoms with Crippen molar-refractivity contribution < 1.29 is 9.63 Å². The summed E-state index contributed by atoms with van der Waals surface area (Å²) >= 11 is 0. The van der Waals surface area contributed by atoms with Crippen molar-refractivity contribution in [3.05, 3.63) is 59.8 Å². The van der Waals surface area contributed by atoms with Gasteiger partial charge in [0, 0.05) is 62.2 Å². The van der Waals surface area contributed by atoms with Crippen molar-refractivity contribution >= 4 is 0 Å². The molecule has 0 spiro atoms. The molecule has 4 rings (SSSR count). The Morgan fingerprint density at radius 1 is 1.16 bits per heavy atom. The van der Waals surface area contributed by atoms with Gasteiger partial charge in [-0.1, -0.05) is 17.0 Å². The first-order chi connectivity index (χ1) is 15.6. The van der Waals surface area contributed by atoms with Crippen LogP contribution in [0.25, 0.3) is 11.3 Å². The van der Waals surface area contributed by atoms with Gasteiger partial charge in [-0.15, -0.1) is 0 Å². The predicted molar refractivity (Wildman–Crippen MR) is 124 cm³/mol. The number of hydrogen-bond donors (Lipinski definition) is 1. The van der Waals surface area contributed by atoms with Crippen LogP contribution in [0.15, 0.2) is 47.2 Å². The highest BCUT2D eigenvalue weighted by atomic mass is 16.5. The lowest BCUT2D eigenvalue weighted by atomic mass is 10.1. The van der Waals surface area contributed by atoms with Crippen molar-refractivity contribution in [3.63, 3.8) is 0 Å². The van der Waals surface area contributed by atoms with E-state index in [-0.39, 0.29) is 0 Å². The summed E-state index contributed by atoms with van der Waals surface area (Å²) < 4.78 is 7.40. The Labute approximate surface area is 189 Å². The second-order valence-electron chi connectivity index (χ2n) is 8.40. The molecule has 1 atom stereocenters. The third kappa shape index (κ3) is 5.86. The minimum absolute atomic E-state index is 0.501. The van der Waals surface area contributed by atoms with E-state index in [0.717, 1.165) is 49.3 Å². The summed E-state index contributed by atoms with van der Waals surface area (Å²) in [5.41, 5.74) is 2.75. The third-order valence-electron chi connectivity index (χ3n) is 5.79. The van der Waals surface area contributed by atoms with Crippen LogP contribution in [-0.2, 0) is 6.54 Å². The standard InChI is InChI=1S/C25H31N5O2/c1-20(31)25-26-11-13-30(25)19-23-18-24(32-27-23)22-9-7-21(8-10-22)6-4-3-5-12-29-16-14-28(2)15-17-29/h7-11,13,18,20,31H,3,5,12,14-17,19H2,1-2H3. The average molecular weight is 434 g/mol. The van der Waals surface area contributed by atoms with Gasteiger partial charge in [-0.25, -0.2) is 4.98 Å². The normalized spacial score (nSPS) is 16.0. The zero-order chi connectivity index (χ0) is 22.3. The van der Waals surface area contributed by atoms with Gasteiger partial charge in [-0.05, 0) is 51.2 Å². The summed E-state index contributed by atoms with van der Waals surface area (Å²) in [5, 5.41) is 14.0. The number of hydrogen-bond acceptors (Lipinski definition) is 6. The quantitative estimate of drug-likeness (QED) is 0.456. The molecule has 1 aliphatic rings. The maximum Gasteiger partial charge on any atom is 0.167 e. The summed E-state index contributed by atoms with van der Waals surface area (Å²) in [4.78, 5) is 9.10. The lowest BCUT2D eigenvalue weighted by Crippen LogP contribution is -2.44. The Kier molecular flexibility index (Phi) is 7.38. The largest absolute Gasteiger partial charge is 0.385 e. The molecule has 1 unspecified atom stereocenters. The molecule has 168 valence electrons. The fraction of sp³-hybridized carbons (Fsp3) is 0.440. The zero-order valence-corrected chi connectivity index (χ0v) is 18.9. The highest BCUT2D eigenvalue weighted by Crippen LogP contribution is 2.22. The number of aliphatic hydroxyl groups is 1. The van der Waals surface area contributed by atoms with Crippen molar-refractivity contribution in [3.8, 4) is 23.2 Å². The molecule has 0 amide bonds. The SMILES string of the molecule is CC(O)c1nccn1Cc1cc(-c2ccc(C#CCCCN3CCN(C)CC3)cc2)on1. The Balaban J connectivity index is 1.28. The van der Waals surface area contributed by atoms with Crippen molar-refractivity contribution in [1.29, 1.82) is 0 Å². The minimum Gasteiger partial charge on any atom is -0.385 e. The molecule has 0 saturated carbocycles. The molecule has 1 N–H and O–H groups in total. The molecule has 2 aromatic heterocycles. The predicted octanol–water partition coefficient (Wildman–Crippen LogP) is 3.02. The lowest BCUT2D eigenvalue weighted by Gasteiger charge is -2.32. The van der Waals surface area contributed by atoms with E-state index in [4.69, 9.17) is 4.52 Å². The van der Waals surface area contributed by atoms with Gasteiger partial charge in [0.25, 0.3) is 0 Å². The number of imidazole rings is 1. The van der Waals surface area contributed by atoms with Gasteiger partial charge in [-0.3, -0.25) is 0 Å². The summed E-state index contributed by atoms with van der Waals surface area (Å²) in [6, 6.07) is 9.98. The second-order valence-corrected chi connectivity index (χ2v) is 8.40. The molecule has 0 bridgehead atoms. The first-order valence-electron chi connectivity index (χ1n) is 11.2. The first-order valence-corrected chi connectivity index (χ1v) is 11.2. The van der Waals surface area contributed by atoms with Crippen LogP contribution in [0.1, 0.15) is 43.0 Å². The number of benzene rings is 1. The number of piperazine rings is 1. The van der Waals surface area contributed by atoms with E-state index in [0.29, 0.717) is 18.1 Å². The third-order valence-corrected chi connectivity index (χ3v) is 5.79. The van der Waals surface area contributed by atoms with Gasteiger partial charge in [0.05, 0.1) is 6.54 Å². The smallest absolute Gasteiger partial charge is 0.167 e. The van der Waals surface area contributed by atoms with E-state index < -0.39 is 6.10 Å². The molecule has 0 radical (unpaired) electrons. The Morgan fingerprint density at radius 2 is 1.94 bits per heavy atom. The number of aliphatic hydroxyl groups excluding tert-OH is 1. The first kappa shape index (κ1) is 22.3. The second kappa shape index (κ2) is 10.6. The van der Waals surface area contributed by atoms with Gasteiger partial charge in [0.2, 0.25) is 0 Å². The van der Waals surface area contributed by atoms with Gasteiger partial charge in [0.1, 0.15) is 17.6 Å². The maximum absolute atomic E-state index is 9.80. The number of likely N-dealkylation sites (N-methyl/N-ethyl adjacent to an activating group) is 1. The summed E-state index contributed by atoms with van der Waals surface area (Å²) in [7, 11) is 2.19. The molecule has 7 nitrogen and oxygen atoms in total. The highest BCUT2D eigenvalue weighted by molar-refractivity contribution is 5.59. The van der Waals surface area contributed by atoms with Gasteiger partial charge < -0.3 is 24.0 Å².